The van der Waals surface area contributed by atoms with E-state index in [4.69, 9.17) is 11.2 Å². The number of alkyl halides is 3. The van der Waals surface area contributed by atoms with E-state index < -0.39 is 23.6 Å². The predicted octanol–water partition coefficient (Wildman–Crippen LogP) is 6.20. The summed E-state index contributed by atoms with van der Waals surface area (Å²) in [5.74, 6) is 0.997. The lowest BCUT2D eigenvalue weighted by Gasteiger charge is -2.12. The number of hydrogen-bond acceptors (Lipinski definition) is 4. The molecule has 0 radical (unpaired) electrons. The first-order valence-electron chi connectivity index (χ1n) is 11.4. The highest BCUT2D eigenvalue weighted by Gasteiger charge is 2.33. The fourth-order valence-corrected chi connectivity index (χ4v) is 3.12. The van der Waals surface area contributed by atoms with Gasteiger partial charge in [0.1, 0.15) is 18.1 Å². The molecule has 0 aliphatic rings. The molecule has 1 amide bonds. The van der Waals surface area contributed by atoms with Crippen molar-refractivity contribution in [1.82, 2.24) is 10.3 Å². The Hall–Kier alpha value is -4.32. The van der Waals surface area contributed by atoms with Crippen molar-refractivity contribution in [1.29, 1.82) is 0 Å². The fourth-order valence-electron chi connectivity index (χ4n) is 3.12. The maximum atomic E-state index is 14.2. The molecule has 5 nitrogen and oxygen atoms in total. The van der Waals surface area contributed by atoms with Gasteiger partial charge in [-0.05, 0) is 41.5 Å². The number of halogens is 4. The lowest BCUT2D eigenvalue weighted by molar-refractivity contribution is -0.141. The van der Waals surface area contributed by atoms with Gasteiger partial charge in [0.25, 0.3) is 0 Å². The molecule has 0 saturated heterocycles. The Labute approximate surface area is 213 Å². The minimum Gasteiger partial charge on any atom is -0.472 e. The number of benzene rings is 2. The van der Waals surface area contributed by atoms with Gasteiger partial charge in [-0.1, -0.05) is 50.1 Å². The average molecular weight is 514 g/mol. The van der Waals surface area contributed by atoms with Crippen LogP contribution in [0.3, 0.4) is 0 Å². The van der Waals surface area contributed by atoms with E-state index in [1.165, 1.54) is 18.2 Å². The number of nitrogens with zero attached hydrogens (tertiary/aromatic N) is 1. The molecule has 0 aliphatic heterocycles. The molecule has 0 saturated carbocycles. The maximum absolute atomic E-state index is 14.2. The van der Waals surface area contributed by atoms with Gasteiger partial charge in [-0.15, -0.1) is 6.42 Å². The SMILES string of the molecule is C#Cc1cc(CNC(=O)/C=C/c2ccc(C(F)(F)F)nc2OCc2ccccc2)cc(F)c1NC.CC. The van der Waals surface area contributed by atoms with Crippen LogP contribution in [0, 0.1) is 18.2 Å². The summed E-state index contributed by atoms with van der Waals surface area (Å²) >= 11 is 0. The molecule has 0 aliphatic carbocycles. The first-order valence-corrected chi connectivity index (χ1v) is 11.4. The Kier molecular flexibility index (Phi) is 10.7. The van der Waals surface area contributed by atoms with Gasteiger partial charge in [0.05, 0.1) is 11.3 Å². The van der Waals surface area contributed by atoms with Gasteiger partial charge in [0.15, 0.2) is 0 Å². The van der Waals surface area contributed by atoms with Crippen molar-refractivity contribution in [2.24, 2.45) is 0 Å². The smallest absolute Gasteiger partial charge is 0.433 e. The van der Waals surface area contributed by atoms with Gasteiger partial charge < -0.3 is 15.4 Å². The monoisotopic (exact) mass is 513 g/mol. The van der Waals surface area contributed by atoms with E-state index in [-0.39, 0.29) is 30.3 Å². The molecule has 0 unspecified atom stereocenters. The van der Waals surface area contributed by atoms with E-state index in [0.717, 1.165) is 17.7 Å². The van der Waals surface area contributed by atoms with Gasteiger partial charge in [0.2, 0.25) is 11.8 Å². The topological polar surface area (TPSA) is 63.2 Å². The summed E-state index contributed by atoms with van der Waals surface area (Å²) in [5.41, 5.74) is 0.742. The number of hydrogen-bond donors (Lipinski definition) is 2. The molecule has 0 atom stereocenters. The number of amides is 1. The zero-order valence-electron chi connectivity index (χ0n) is 20.6. The lowest BCUT2D eigenvalue weighted by Crippen LogP contribution is -2.20. The van der Waals surface area contributed by atoms with Gasteiger partial charge in [-0.3, -0.25) is 4.79 Å². The zero-order valence-corrected chi connectivity index (χ0v) is 20.6. The maximum Gasteiger partial charge on any atom is 0.433 e. The molecule has 0 spiro atoms. The minimum absolute atomic E-state index is 0.00608. The fraction of sp³-hybridized carbons (Fsp3) is 0.214. The second-order valence-corrected chi connectivity index (χ2v) is 7.31. The number of aromatic nitrogens is 1. The van der Waals surface area contributed by atoms with E-state index in [1.807, 2.05) is 13.8 Å². The summed E-state index contributed by atoms with van der Waals surface area (Å²) in [6, 6.07) is 13.6. The van der Waals surface area contributed by atoms with Crippen LogP contribution in [0.4, 0.5) is 23.2 Å². The third kappa shape index (κ3) is 8.39. The van der Waals surface area contributed by atoms with Crippen LogP contribution in [0.15, 0.2) is 60.7 Å². The highest BCUT2D eigenvalue weighted by Crippen LogP contribution is 2.31. The Bertz CT molecular complexity index is 1270. The van der Waals surface area contributed by atoms with Crippen LogP contribution in [0.5, 0.6) is 5.88 Å². The number of nitrogens with one attached hydrogen (secondary N) is 2. The molecule has 0 fully saturated rings. The predicted molar refractivity (Wildman–Crippen MR) is 136 cm³/mol. The van der Waals surface area contributed by atoms with Crippen LogP contribution in [0.2, 0.25) is 0 Å². The number of carbonyl (C=O) groups excluding carboxylic acids is 1. The van der Waals surface area contributed by atoms with Crippen LogP contribution in [0.1, 0.15) is 41.8 Å². The molecular formula is C28H27F4N3O2. The van der Waals surface area contributed by atoms with Gasteiger partial charge >= 0.3 is 6.18 Å². The van der Waals surface area contributed by atoms with Crippen molar-refractivity contribution < 1.29 is 27.1 Å². The van der Waals surface area contributed by atoms with Gasteiger partial charge in [-0.2, -0.15) is 13.2 Å². The van der Waals surface area contributed by atoms with E-state index in [9.17, 15) is 22.4 Å². The average Bonchev–Trinajstić information content (AvgIpc) is 2.90. The Morgan fingerprint density at radius 1 is 1.11 bits per heavy atom. The molecule has 1 heterocycles. The van der Waals surface area contributed by atoms with Gasteiger partial charge in [-0.25, -0.2) is 9.37 Å². The van der Waals surface area contributed by atoms with E-state index in [1.54, 1.807) is 43.4 Å². The number of pyridine rings is 1. The minimum atomic E-state index is -4.65. The van der Waals surface area contributed by atoms with E-state index >= 15 is 0 Å². The van der Waals surface area contributed by atoms with Crippen molar-refractivity contribution in [2.75, 3.05) is 12.4 Å². The Morgan fingerprint density at radius 3 is 2.43 bits per heavy atom. The molecule has 3 rings (SSSR count). The highest BCUT2D eigenvalue weighted by molar-refractivity contribution is 5.92. The summed E-state index contributed by atoms with van der Waals surface area (Å²) < 4.78 is 59.1. The molecule has 2 aromatic carbocycles. The molecule has 3 aromatic rings. The standard InChI is InChI=1S/C26H21F4N3O2.C2H6/c1-3-19-13-18(14-21(27)24(19)31-2)15-32-23(34)12-10-20-9-11-22(26(28,29)30)33-25(20)35-16-17-7-5-4-6-8-17;1-2/h1,4-14,31H,15-16H2,2H3,(H,32,34);1-2H3/b12-10+;. The van der Waals surface area contributed by atoms with Crippen LogP contribution >= 0.6 is 0 Å². The number of rotatable bonds is 8. The highest BCUT2D eigenvalue weighted by atomic mass is 19.4. The molecule has 9 heteroatoms. The van der Waals surface area contributed by atoms with E-state index in [0.29, 0.717) is 11.1 Å². The quantitative estimate of drug-likeness (QED) is 0.214. The first-order chi connectivity index (χ1) is 17.7. The van der Waals surface area contributed by atoms with Crippen LogP contribution < -0.4 is 15.4 Å². The lowest BCUT2D eigenvalue weighted by atomic mass is 10.1. The number of ether oxygens (including phenoxy) is 1. The normalized spacial score (nSPS) is 10.8. The Morgan fingerprint density at radius 2 is 1.81 bits per heavy atom. The summed E-state index contributed by atoms with van der Waals surface area (Å²) in [4.78, 5) is 15.9. The zero-order chi connectivity index (χ0) is 27.4. The van der Waals surface area contributed by atoms with Crippen molar-refractivity contribution in [3.63, 3.8) is 0 Å². The largest absolute Gasteiger partial charge is 0.472 e. The first kappa shape index (κ1) is 28.9. The summed E-state index contributed by atoms with van der Waals surface area (Å²) in [6.45, 7) is 3.98. The molecule has 2 N–H and O–H groups in total. The summed E-state index contributed by atoms with van der Waals surface area (Å²) in [6.07, 6.45) is 3.17. The molecule has 194 valence electrons. The van der Waals surface area contributed by atoms with Crippen molar-refractivity contribution >= 4 is 17.7 Å². The number of anilines is 1. The van der Waals surface area contributed by atoms with Crippen molar-refractivity contribution in [2.45, 2.75) is 33.2 Å². The third-order valence-corrected chi connectivity index (χ3v) is 4.84. The van der Waals surface area contributed by atoms with Crippen molar-refractivity contribution in [3.8, 4) is 18.2 Å². The van der Waals surface area contributed by atoms with Crippen LogP contribution in [-0.4, -0.2) is 17.9 Å². The second-order valence-electron chi connectivity index (χ2n) is 7.31. The van der Waals surface area contributed by atoms with Gasteiger partial charge in [0, 0.05) is 25.2 Å². The molecular weight excluding hydrogens is 486 g/mol. The van der Waals surface area contributed by atoms with Crippen molar-refractivity contribution in [3.05, 3.63) is 94.4 Å². The number of carbonyl (C=O) groups is 1. The summed E-state index contributed by atoms with van der Waals surface area (Å²) in [7, 11) is 1.54. The van der Waals surface area contributed by atoms with Crippen LogP contribution in [0.25, 0.3) is 6.08 Å². The van der Waals surface area contributed by atoms with Crippen LogP contribution in [-0.2, 0) is 24.1 Å². The molecule has 1 aromatic heterocycles. The number of terminal acetylenes is 1. The second kappa shape index (κ2) is 13.7. The van der Waals surface area contributed by atoms with E-state index in [2.05, 4.69) is 21.5 Å². The molecule has 0 bridgehead atoms. The Balaban J connectivity index is 0.00000235. The third-order valence-electron chi connectivity index (χ3n) is 4.84. The summed E-state index contributed by atoms with van der Waals surface area (Å²) in [5, 5.41) is 5.26. The molecule has 37 heavy (non-hydrogen) atoms.